The topological polar surface area (TPSA) is 86.8 Å². The summed E-state index contributed by atoms with van der Waals surface area (Å²) in [7, 11) is -3.72. The number of nitrogens with zero attached hydrogens (tertiary/aromatic N) is 2. The number of hydrogen-bond acceptors (Lipinski definition) is 4. The van der Waals surface area contributed by atoms with E-state index in [0.717, 1.165) is 24.0 Å². The largest absolute Gasteiger partial charge is 0.272 e. The van der Waals surface area contributed by atoms with E-state index < -0.39 is 21.0 Å². The van der Waals surface area contributed by atoms with Gasteiger partial charge < -0.3 is 0 Å². The molecule has 2 aromatic rings. The average Bonchev–Trinajstić information content (AvgIpc) is 2.91. The second-order valence-corrected chi connectivity index (χ2v) is 12.0. The minimum atomic E-state index is -3.72. The number of sulfonamides is 1. The Morgan fingerprint density at radius 2 is 1.50 bits per heavy atom. The van der Waals surface area contributed by atoms with E-state index in [9.17, 15) is 18.0 Å². The number of hydrazine groups is 1. The summed E-state index contributed by atoms with van der Waals surface area (Å²) in [6.07, 6.45) is 1.74. The van der Waals surface area contributed by atoms with Gasteiger partial charge in [0, 0.05) is 17.6 Å². The molecule has 8 heteroatoms. The quantitative estimate of drug-likeness (QED) is 0.564. The molecule has 0 radical (unpaired) electrons. The van der Waals surface area contributed by atoms with Crippen LogP contribution in [0.5, 0.6) is 0 Å². The van der Waals surface area contributed by atoms with Crippen LogP contribution in [-0.4, -0.2) is 42.3 Å². The van der Waals surface area contributed by atoms with Crippen molar-refractivity contribution in [2.24, 2.45) is 5.41 Å². The van der Waals surface area contributed by atoms with Gasteiger partial charge in [-0.1, -0.05) is 55.8 Å². The molecule has 1 fully saturated rings. The zero-order chi connectivity index (χ0) is 25.3. The fraction of sp³-hybridized carbons (Fsp3) is 0.462. The first kappa shape index (κ1) is 25.9. The zero-order valence-electron chi connectivity index (χ0n) is 20.9. The molecule has 2 amide bonds. The van der Waals surface area contributed by atoms with E-state index in [0.29, 0.717) is 12.1 Å². The number of rotatable bonds is 8. The Labute approximate surface area is 203 Å². The van der Waals surface area contributed by atoms with Crippen LogP contribution in [0.1, 0.15) is 59.9 Å². The number of carbonyl (C=O) groups excluding carboxylic acids is 2. The summed E-state index contributed by atoms with van der Waals surface area (Å²) in [5.74, 6) is -0.379. The third kappa shape index (κ3) is 5.33. The number of hydrogen-bond donors (Lipinski definition) is 1. The summed E-state index contributed by atoms with van der Waals surface area (Å²) in [4.78, 5) is 26.0. The van der Waals surface area contributed by atoms with Crippen LogP contribution < -0.4 is 4.72 Å². The van der Waals surface area contributed by atoms with Crippen LogP contribution >= 0.6 is 0 Å². The maximum absolute atomic E-state index is 13.0. The van der Waals surface area contributed by atoms with Crippen LogP contribution in [0.2, 0.25) is 0 Å². The molecule has 0 atom stereocenters. The summed E-state index contributed by atoms with van der Waals surface area (Å²) in [5, 5.41) is 3.11. The van der Waals surface area contributed by atoms with Crippen molar-refractivity contribution in [3.8, 4) is 11.1 Å². The first-order valence-electron chi connectivity index (χ1n) is 11.6. The van der Waals surface area contributed by atoms with E-state index in [4.69, 9.17) is 0 Å². The summed E-state index contributed by atoms with van der Waals surface area (Å²) < 4.78 is 28.7. The number of carbonyl (C=O) groups is 2. The molecule has 0 spiro atoms. The van der Waals surface area contributed by atoms with Gasteiger partial charge in [-0.25, -0.2) is 18.1 Å². The highest BCUT2D eigenvalue weighted by Crippen LogP contribution is 2.33. The minimum Gasteiger partial charge on any atom is -0.272 e. The highest BCUT2D eigenvalue weighted by molar-refractivity contribution is 7.89. The molecule has 0 aromatic heterocycles. The maximum Gasteiger partial charge on any atom is 0.256 e. The minimum absolute atomic E-state index is 0.173. The third-order valence-corrected chi connectivity index (χ3v) is 7.58. The summed E-state index contributed by atoms with van der Waals surface area (Å²) in [6.45, 7) is 11.6. The van der Waals surface area contributed by atoms with Crippen molar-refractivity contribution in [1.82, 2.24) is 14.7 Å². The van der Waals surface area contributed by atoms with Crippen molar-refractivity contribution in [3.63, 3.8) is 0 Å². The molecule has 1 aliphatic heterocycles. The maximum atomic E-state index is 13.0. The molecule has 0 unspecified atom stereocenters. The van der Waals surface area contributed by atoms with E-state index in [1.54, 1.807) is 62.8 Å². The molecule has 1 aliphatic rings. The fourth-order valence-electron chi connectivity index (χ4n) is 4.00. The number of unbranched alkanes of at least 4 members (excludes halogenated alkanes) is 1. The van der Waals surface area contributed by atoms with Gasteiger partial charge in [0.25, 0.3) is 11.8 Å². The number of amides is 2. The predicted octanol–water partition coefficient (Wildman–Crippen LogP) is 4.34. The van der Waals surface area contributed by atoms with Gasteiger partial charge >= 0.3 is 0 Å². The Morgan fingerprint density at radius 1 is 0.912 bits per heavy atom. The lowest BCUT2D eigenvalue weighted by Gasteiger charge is -2.28. The molecular weight excluding hydrogens is 450 g/mol. The molecule has 0 bridgehead atoms. The lowest BCUT2D eigenvalue weighted by atomic mass is 9.93. The SMILES string of the molecule is CCCCN1C(=O)C(C)(C)C(=O)N1Cc1ccc(-c2ccccc2S(=O)(=O)NC(C)(C)C)cc1. The van der Waals surface area contributed by atoms with Gasteiger partial charge in [0.15, 0.2) is 0 Å². The van der Waals surface area contributed by atoms with Gasteiger partial charge in [0.2, 0.25) is 10.0 Å². The van der Waals surface area contributed by atoms with Crippen LogP contribution in [0.3, 0.4) is 0 Å². The molecular formula is C26H35N3O4S. The smallest absolute Gasteiger partial charge is 0.256 e. The standard InChI is InChI=1S/C26H35N3O4S/c1-7-8-17-28-23(30)26(5,6)24(31)29(28)18-19-13-15-20(16-14-19)21-11-9-10-12-22(21)34(32,33)27-25(2,3)4/h9-16,27H,7-8,17-18H2,1-6H3. The van der Waals surface area contributed by atoms with Gasteiger partial charge in [-0.2, -0.15) is 0 Å². The Bertz CT molecular complexity index is 1170. The Morgan fingerprint density at radius 3 is 2.09 bits per heavy atom. The first-order valence-corrected chi connectivity index (χ1v) is 13.1. The average molecular weight is 486 g/mol. The number of nitrogens with one attached hydrogen (secondary N) is 1. The van der Waals surface area contributed by atoms with Crippen LogP contribution in [0.15, 0.2) is 53.4 Å². The molecule has 7 nitrogen and oxygen atoms in total. The van der Waals surface area contributed by atoms with E-state index in [2.05, 4.69) is 4.72 Å². The Balaban J connectivity index is 1.88. The van der Waals surface area contributed by atoms with E-state index in [-0.39, 0.29) is 23.3 Å². The van der Waals surface area contributed by atoms with Crippen molar-refractivity contribution in [2.75, 3.05) is 6.54 Å². The molecule has 184 valence electrons. The highest BCUT2D eigenvalue weighted by atomic mass is 32.2. The normalized spacial score (nSPS) is 16.4. The van der Waals surface area contributed by atoms with Gasteiger partial charge in [0.05, 0.1) is 11.4 Å². The van der Waals surface area contributed by atoms with Gasteiger partial charge in [0.1, 0.15) is 5.41 Å². The molecule has 34 heavy (non-hydrogen) atoms. The van der Waals surface area contributed by atoms with Gasteiger partial charge in [-0.15, -0.1) is 0 Å². The molecule has 1 N–H and O–H groups in total. The second kappa shape index (κ2) is 9.50. The van der Waals surface area contributed by atoms with Crippen LogP contribution in [0.25, 0.3) is 11.1 Å². The highest BCUT2D eigenvalue weighted by Gasteiger charge is 2.51. The monoisotopic (exact) mass is 485 g/mol. The fourth-order valence-corrected chi connectivity index (χ4v) is 5.65. The predicted molar refractivity (Wildman–Crippen MR) is 133 cm³/mol. The lowest BCUT2D eigenvalue weighted by molar-refractivity contribution is -0.148. The lowest BCUT2D eigenvalue weighted by Crippen LogP contribution is -2.41. The van der Waals surface area contributed by atoms with Crippen molar-refractivity contribution in [3.05, 3.63) is 54.1 Å². The first-order chi connectivity index (χ1) is 15.8. The summed E-state index contributed by atoms with van der Waals surface area (Å²) in [5.41, 5.74) is 0.542. The second-order valence-electron chi connectivity index (χ2n) is 10.3. The third-order valence-electron chi connectivity index (χ3n) is 5.77. The van der Waals surface area contributed by atoms with Crippen LogP contribution in [-0.2, 0) is 26.2 Å². The molecule has 1 saturated heterocycles. The summed E-state index contributed by atoms with van der Waals surface area (Å²) in [6, 6.07) is 14.3. The number of benzene rings is 2. The molecule has 1 heterocycles. The van der Waals surface area contributed by atoms with Crippen LogP contribution in [0, 0.1) is 5.41 Å². The van der Waals surface area contributed by atoms with Crippen molar-refractivity contribution >= 4 is 21.8 Å². The van der Waals surface area contributed by atoms with E-state index in [1.165, 1.54) is 0 Å². The van der Waals surface area contributed by atoms with Crippen LogP contribution in [0.4, 0.5) is 0 Å². The molecule has 0 saturated carbocycles. The Hall–Kier alpha value is -2.71. The zero-order valence-corrected chi connectivity index (χ0v) is 21.7. The molecule has 3 rings (SSSR count). The van der Waals surface area contributed by atoms with E-state index >= 15 is 0 Å². The van der Waals surface area contributed by atoms with Crippen molar-refractivity contribution in [2.45, 2.75) is 71.4 Å². The van der Waals surface area contributed by atoms with Gasteiger partial charge in [-0.05, 0) is 58.2 Å². The summed E-state index contributed by atoms with van der Waals surface area (Å²) >= 11 is 0. The van der Waals surface area contributed by atoms with Gasteiger partial charge in [-0.3, -0.25) is 14.6 Å². The van der Waals surface area contributed by atoms with Crippen molar-refractivity contribution in [1.29, 1.82) is 0 Å². The van der Waals surface area contributed by atoms with E-state index in [1.807, 2.05) is 37.3 Å². The molecule has 2 aromatic carbocycles. The van der Waals surface area contributed by atoms with Crippen molar-refractivity contribution < 1.29 is 18.0 Å². The molecule has 0 aliphatic carbocycles. The Kier molecular flexibility index (Phi) is 7.24.